The van der Waals surface area contributed by atoms with E-state index in [4.69, 9.17) is 9.97 Å². The number of benzene rings is 3. The third-order valence-corrected chi connectivity index (χ3v) is 5.80. The Bertz CT molecular complexity index is 1240. The Kier molecular flexibility index (Phi) is 5.83. The van der Waals surface area contributed by atoms with Crippen LogP contribution in [0.4, 0.5) is 0 Å². The molecule has 0 radical (unpaired) electrons. The molecule has 0 atom stereocenters. The van der Waals surface area contributed by atoms with E-state index < -0.39 is 0 Å². The standard InChI is InChI=1S/C29H34N2/c1-17(2)10-22-15-23-8-9-26-28(25-13-19(5)12-20(6)14-25)30-21(7)31-29(26)27(23)24(16-22)11-18(3)4/h8-9,12-18H,10-11H2,1-7H3. The van der Waals surface area contributed by atoms with Crippen molar-refractivity contribution in [1.29, 1.82) is 0 Å². The number of aryl methyl sites for hydroxylation is 3. The smallest absolute Gasteiger partial charge is 0.126 e. The summed E-state index contributed by atoms with van der Waals surface area (Å²) in [6, 6.07) is 16.0. The highest BCUT2D eigenvalue weighted by Gasteiger charge is 2.16. The first kappa shape index (κ1) is 21.5. The van der Waals surface area contributed by atoms with Crippen molar-refractivity contribution in [2.24, 2.45) is 11.8 Å². The van der Waals surface area contributed by atoms with Gasteiger partial charge in [0.1, 0.15) is 5.82 Å². The van der Waals surface area contributed by atoms with E-state index in [9.17, 15) is 0 Å². The maximum atomic E-state index is 4.98. The van der Waals surface area contributed by atoms with Crippen LogP contribution in [-0.4, -0.2) is 9.97 Å². The fourth-order valence-electron chi connectivity index (χ4n) is 4.84. The summed E-state index contributed by atoms with van der Waals surface area (Å²) in [4.78, 5) is 9.88. The predicted molar refractivity (Wildman–Crippen MR) is 134 cm³/mol. The SMILES string of the molecule is Cc1cc(C)cc(-c2nc(C)nc3c2ccc2cc(CC(C)C)cc(CC(C)C)c23)c1. The Morgan fingerprint density at radius 1 is 0.742 bits per heavy atom. The Hall–Kier alpha value is -2.74. The molecule has 0 bridgehead atoms. The Labute approximate surface area is 186 Å². The van der Waals surface area contributed by atoms with E-state index in [-0.39, 0.29) is 0 Å². The fourth-order valence-corrected chi connectivity index (χ4v) is 4.84. The van der Waals surface area contributed by atoms with Crippen LogP contribution in [0.25, 0.3) is 32.9 Å². The second kappa shape index (κ2) is 8.42. The summed E-state index contributed by atoms with van der Waals surface area (Å²) in [6.45, 7) is 15.5. The van der Waals surface area contributed by atoms with Crippen LogP contribution in [0, 0.1) is 32.6 Å². The quantitative estimate of drug-likeness (QED) is 0.314. The number of hydrogen-bond acceptors (Lipinski definition) is 2. The summed E-state index contributed by atoms with van der Waals surface area (Å²) in [5.74, 6) is 2.07. The van der Waals surface area contributed by atoms with Gasteiger partial charge < -0.3 is 0 Å². The van der Waals surface area contributed by atoms with E-state index >= 15 is 0 Å². The molecule has 0 unspecified atom stereocenters. The summed E-state index contributed by atoms with van der Waals surface area (Å²) in [6.07, 6.45) is 2.17. The zero-order valence-corrected chi connectivity index (χ0v) is 20.0. The Morgan fingerprint density at radius 3 is 2.06 bits per heavy atom. The number of rotatable bonds is 5. The first-order valence-electron chi connectivity index (χ1n) is 11.5. The van der Waals surface area contributed by atoms with Gasteiger partial charge in [0.25, 0.3) is 0 Å². The summed E-state index contributed by atoms with van der Waals surface area (Å²) < 4.78 is 0. The van der Waals surface area contributed by atoms with Gasteiger partial charge in [-0.25, -0.2) is 9.97 Å². The molecule has 31 heavy (non-hydrogen) atoms. The molecule has 1 heterocycles. The Morgan fingerprint density at radius 2 is 1.42 bits per heavy atom. The molecule has 0 amide bonds. The van der Waals surface area contributed by atoms with E-state index in [1.165, 1.54) is 38.6 Å². The molecule has 4 rings (SSSR count). The average molecular weight is 411 g/mol. The van der Waals surface area contributed by atoms with Crippen molar-refractivity contribution in [3.8, 4) is 11.3 Å². The van der Waals surface area contributed by atoms with Gasteiger partial charge in [-0.15, -0.1) is 0 Å². The molecule has 4 aromatic rings. The highest BCUT2D eigenvalue weighted by molar-refractivity contribution is 6.10. The average Bonchev–Trinajstić information content (AvgIpc) is 2.65. The van der Waals surface area contributed by atoms with E-state index in [2.05, 4.69) is 84.0 Å². The summed E-state index contributed by atoms with van der Waals surface area (Å²) in [7, 11) is 0. The van der Waals surface area contributed by atoms with Crippen LogP contribution in [0.2, 0.25) is 0 Å². The molecular formula is C29H34N2. The molecule has 0 spiro atoms. The normalized spacial score (nSPS) is 11.9. The minimum Gasteiger partial charge on any atom is -0.233 e. The van der Waals surface area contributed by atoms with Crippen LogP contribution < -0.4 is 0 Å². The number of fused-ring (bicyclic) bond motifs is 3. The number of hydrogen-bond donors (Lipinski definition) is 0. The molecule has 0 aliphatic rings. The fraction of sp³-hybridized carbons (Fsp3) is 0.379. The summed E-state index contributed by atoms with van der Waals surface area (Å²) >= 11 is 0. The number of nitrogens with zero attached hydrogens (tertiary/aromatic N) is 2. The maximum Gasteiger partial charge on any atom is 0.126 e. The first-order valence-corrected chi connectivity index (χ1v) is 11.5. The largest absolute Gasteiger partial charge is 0.233 e. The van der Waals surface area contributed by atoms with Crippen LogP contribution in [-0.2, 0) is 12.8 Å². The summed E-state index contributed by atoms with van der Waals surface area (Å²) in [5.41, 5.74) is 8.67. The molecule has 0 saturated carbocycles. The second-order valence-corrected chi connectivity index (χ2v) is 10.0. The van der Waals surface area contributed by atoms with Crippen LogP contribution in [0.3, 0.4) is 0 Å². The van der Waals surface area contributed by atoms with Crippen molar-refractivity contribution in [1.82, 2.24) is 9.97 Å². The molecule has 1 aromatic heterocycles. The molecule has 0 aliphatic carbocycles. The van der Waals surface area contributed by atoms with Gasteiger partial charge in [0, 0.05) is 16.3 Å². The molecule has 2 nitrogen and oxygen atoms in total. The molecule has 0 fully saturated rings. The second-order valence-electron chi connectivity index (χ2n) is 10.0. The van der Waals surface area contributed by atoms with Crippen molar-refractivity contribution >= 4 is 21.7 Å². The molecular weight excluding hydrogens is 376 g/mol. The van der Waals surface area contributed by atoms with E-state index in [0.717, 1.165) is 35.3 Å². The predicted octanol–water partition coefficient (Wildman–Crippen LogP) is 7.77. The first-order chi connectivity index (χ1) is 14.7. The minimum atomic E-state index is 0.592. The lowest BCUT2D eigenvalue weighted by atomic mass is 9.90. The minimum absolute atomic E-state index is 0.592. The van der Waals surface area contributed by atoms with Gasteiger partial charge >= 0.3 is 0 Å². The third kappa shape index (κ3) is 4.49. The van der Waals surface area contributed by atoms with Crippen molar-refractivity contribution in [2.45, 2.75) is 61.3 Å². The monoisotopic (exact) mass is 410 g/mol. The van der Waals surface area contributed by atoms with Crippen molar-refractivity contribution in [3.63, 3.8) is 0 Å². The van der Waals surface area contributed by atoms with Gasteiger partial charge in [0.2, 0.25) is 0 Å². The van der Waals surface area contributed by atoms with Gasteiger partial charge in [0.15, 0.2) is 0 Å². The van der Waals surface area contributed by atoms with Gasteiger partial charge in [0.05, 0.1) is 11.2 Å². The van der Waals surface area contributed by atoms with Gasteiger partial charge in [-0.2, -0.15) is 0 Å². The summed E-state index contributed by atoms with van der Waals surface area (Å²) in [5, 5.41) is 3.74. The van der Waals surface area contributed by atoms with E-state index in [1.54, 1.807) is 0 Å². The third-order valence-electron chi connectivity index (χ3n) is 5.80. The van der Waals surface area contributed by atoms with Gasteiger partial charge in [-0.05, 0) is 80.2 Å². The highest BCUT2D eigenvalue weighted by atomic mass is 14.9. The molecule has 2 heteroatoms. The Balaban J connectivity index is 2.06. The van der Waals surface area contributed by atoms with Crippen molar-refractivity contribution in [3.05, 3.63) is 70.5 Å². The lowest BCUT2D eigenvalue weighted by Crippen LogP contribution is -2.02. The molecule has 0 saturated heterocycles. The molecule has 0 aliphatic heterocycles. The lowest BCUT2D eigenvalue weighted by Gasteiger charge is -2.17. The van der Waals surface area contributed by atoms with E-state index in [1.807, 2.05) is 6.92 Å². The van der Waals surface area contributed by atoms with Gasteiger partial charge in [-0.3, -0.25) is 0 Å². The van der Waals surface area contributed by atoms with Crippen LogP contribution in [0.5, 0.6) is 0 Å². The molecule has 0 N–H and O–H groups in total. The lowest BCUT2D eigenvalue weighted by molar-refractivity contribution is 0.638. The van der Waals surface area contributed by atoms with Gasteiger partial charge in [-0.1, -0.05) is 63.1 Å². The zero-order valence-electron chi connectivity index (χ0n) is 20.0. The van der Waals surface area contributed by atoms with Crippen molar-refractivity contribution in [2.75, 3.05) is 0 Å². The maximum absolute atomic E-state index is 4.98. The zero-order chi connectivity index (χ0) is 22.3. The van der Waals surface area contributed by atoms with Crippen molar-refractivity contribution < 1.29 is 0 Å². The van der Waals surface area contributed by atoms with Crippen LogP contribution in [0.1, 0.15) is 55.8 Å². The van der Waals surface area contributed by atoms with Crippen LogP contribution in [0.15, 0.2) is 42.5 Å². The molecule has 160 valence electrons. The topological polar surface area (TPSA) is 25.8 Å². The molecule has 3 aromatic carbocycles. The number of aromatic nitrogens is 2. The van der Waals surface area contributed by atoms with Crippen LogP contribution >= 0.6 is 0 Å². The highest BCUT2D eigenvalue weighted by Crippen LogP contribution is 2.35. The van der Waals surface area contributed by atoms with E-state index in [0.29, 0.717) is 11.8 Å².